The summed E-state index contributed by atoms with van der Waals surface area (Å²) in [4.78, 5) is 10.7. The standard InChI is InChI=1S/C6H10N3O2/c1-8-5-9(4-7-8)3-6(10)11-2/h4-5H,3H2,1-2H3/q+1. The second-order valence-corrected chi connectivity index (χ2v) is 2.17. The minimum absolute atomic E-state index is 0.213. The summed E-state index contributed by atoms with van der Waals surface area (Å²) in [6.45, 7) is 0.213. The molecule has 1 heterocycles. The zero-order valence-corrected chi connectivity index (χ0v) is 6.52. The molecule has 11 heavy (non-hydrogen) atoms. The van der Waals surface area contributed by atoms with Crippen molar-refractivity contribution in [1.82, 2.24) is 9.78 Å². The number of rotatable bonds is 2. The lowest BCUT2D eigenvalue weighted by atomic mass is 10.6. The summed E-state index contributed by atoms with van der Waals surface area (Å²) < 4.78 is 7.73. The predicted molar refractivity (Wildman–Crippen MR) is 35.4 cm³/mol. The number of carbonyl (C=O) groups excluding carboxylic acids is 1. The number of hydrogen-bond donors (Lipinski definition) is 0. The first kappa shape index (κ1) is 7.71. The Bertz CT molecular complexity index is 256. The second kappa shape index (κ2) is 3.14. The molecule has 5 heteroatoms. The molecule has 0 bridgehead atoms. The highest BCUT2D eigenvalue weighted by molar-refractivity contribution is 5.67. The van der Waals surface area contributed by atoms with Crippen LogP contribution in [0, 0.1) is 0 Å². The van der Waals surface area contributed by atoms with Crippen molar-refractivity contribution in [3.8, 4) is 0 Å². The predicted octanol–water partition coefficient (Wildman–Crippen LogP) is -1.12. The van der Waals surface area contributed by atoms with Gasteiger partial charge >= 0.3 is 5.97 Å². The molecule has 0 aliphatic heterocycles. The quantitative estimate of drug-likeness (QED) is 0.402. The maximum absolute atomic E-state index is 10.7. The van der Waals surface area contributed by atoms with E-state index in [0.717, 1.165) is 0 Å². The Labute approximate surface area is 64.2 Å². The van der Waals surface area contributed by atoms with Gasteiger partial charge in [0, 0.05) is 5.10 Å². The van der Waals surface area contributed by atoms with Crippen LogP contribution in [0.15, 0.2) is 12.7 Å². The van der Waals surface area contributed by atoms with Crippen LogP contribution >= 0.6 is 0 Å². The smallest absolute Gasteiger partial charge is 0.340 e. The molecule has 60 valence electrons. The molecule has 0 aliphatic carbocycles. The number of methoxy groups -OCH3 is 1. The average Bonchev–Trinajstić information content (AvgIpc) is 2.35. The van der Waals surface area contributed by atoms with Crippen LogP contribution in [0.25, 0.3) is 0 Å². The number of hydrogen-bond acceptors (Lipinski definition) is 3. The van der Waals surface area contributed by atoms with Gasteiger partial charge in [-0.3, -0.25) is 0 Å². The second-order valence-electron chi connectivity index (χ2n) is 2.17. The summed E-state index contributed by atoms with van der Waals surface area (Å²) in [5.74, 6) is -0.275. The van der Waals surface area contributed by atoms with Gasteiger partial charge in [0.15, 0.2) is 6.54 Å². The fourth-order valence-electron chi connectivity index (χ4n) is 0.717. The molecule has 1 aromatic heterocycles. The summed E-state index contributed by atoms with van der Waals surface area (Å²) in [6, 6.07) is 0. The summed E-state index contributed by atoms with van der Waals surface area (Å²) in [5, 5.41) is 3.88. The average molecular weight is 156 g/mol. The van der Waals surface area contributed by atoms with Crippen LogP contribution in [-0.2, 0) is 23.1 Å². The first-order valence-electron chi connectivity index (χ1n) is 3.17. The number of aromatic nitrogens is 3. The van der Waals surface area contributed by atoms with Gasteiger partial charge in [-0.25, -0.2) is 9.36 Å². The van der Waals surface area contributed by atoms with Crippen LogP contribution in [-0.4, -0.2) is 22.9 Å². The Morgan fingerprint density at radius 2 is 2.55 bits per heavy atom. The van der Waals surface area contributed by atoms with Gasteiger partial charge in [0.2, 0.25) is 6.33 Å². The van der Waals surface area contributed by atoms with Crippen molar-refractivity contribution in [2.75, 3.05) is 7.11 Å². The number of carbonyl (C=O) groups is 1. The van der Waals surface area contributed by atoms with E-state index in [-0.39, 0.29) is 12.5 Å². The van der Waals surface area contributed by atoms with Crippen molar-refractivity contribution in [2.45, 2.75) is 6.54 Å². The SMILES string of the molecule is COC(=O)C[n+]1cnn(C)c1. The zero-order chi connectivity index (χ0) is 8.27. The molecule has 1 rings (SSSR count). The molecule has 0 aromatic carbocycles. The Balaban J connectivity index is 2.57. The molecule has 0 aliphatic rings. The summed E-state index contributed by atoms with van der Waals surface area (Å²) in [7, 11) is 3.15. The highest BCUT2D eigenvalue weighted by atomic mass is 16.5. The molecular weight excluding hydrogens is 146 g/mol. The van der Waals surface area contributed by atoms with E-state index in [1.807, 2.05) is 0 Å². The third-order valence-electron chi connectivity index (χ3n) is 1.24. The largest absolute Gasteiger partial charge is 0.467 e. The molecule has 0 unspecified atom stereocenters. The maximum Gasteiger partial charge on any atom is 0.340 e. The fraction of sp³-hybridized carbons (Fsp3) is 0.500. The first-order valence-corrected chi connectivity index (χ1v) is 3.17. The summed E-state index contributed by atoms with van der Waals surface area (Å²) in [5.41, 5.74) is 0. The van der Waals surface area contributed by atoms with Crippen molar-refractivity contribution < 1.29 is 14.1 Å². The zero-order valence-electron chi connectivity index (χ0n) is 6.52. The van der Waals surface area contributed by atoms with E-state index in [9.17, 15) is 4.79 Å². The Morgan fingerprint density at radius 1 is 1.82 bits per heavy atom. The van der Waals surface area contributed by atoms with Crippen LogP contribution in [0.4, 0.5) is 0 Å². The Morgan fingerprint density at radius 3 is 3.00 bits per heavy atom. The van der Waals surface area contributed by atoms with E-state index in [1.54, 1.807) is 29.0 Å². The van der Waals surface area contributed by atoms with E-state index in [4.69, 9.17) is 0 Å². The van der Waals surface area contributed by atoms with Gasteiger partial charge in [-0.2, -0.15) is 0 Å². The van der Waals surface area contributed by atoms with E-state index in [2.05, 4.69) is 9.84 Å². The van der Waals surface area contributed by atoms with Crippen LogP contribution < -0.4 is 4.57 Å². The lowest BCUT2D eigenvalue weighted by molar-refractivity contribution is -0.686. The third-order valence-corrected chi connectivity index (χ3v) is 1.24. The summed E-state index contributed by atoms with van der Waals surface area (Å²) in [6.07, 6.45) is 3.27. The van der Waals surface area contributed by atoms with Crippen LogP contribution in [0.2, 0.25) is 0 Å². The van der Waals surface area contributed by atoms with Gasteiger partial charge in [-0.05, 0) is 0 Å². The topological polar surface area (TPSA) is 48.0 Å². The Hall–Kier alpha value is -1.39. The van der Waals surface area contributed by atoms with E-state index >= 15 is 0 Å². The molecule has 0 radical (unpaired) electrons. The number of ether oxygens (including phenoxy) is 1. The maximum atomic E-state index is 10.7. The van der Waals surface area contributed by atoms with Crippen LogP contribution in [0.1, 0.15) is 0 Å². The van der Waals surface area contributed by atoms with Crippen LogP contribution in [0.5, 0.6) is 0 Å². The normalized spacial score (nSPS) is 9.64. The lowest BCUT2D eigenvalue weighted by Gasteiger charge is -1.92. The number of esters is 1. The molecule has 0 atom stereocenters. The Kier molecular flexibility index (Phi) is 2.20. The molecule has 0 fully saturated rings. The van der Waals surface area contributed by atoms with Gasteiger partial charge in [-0.15, -0.1) is 4.68 Å². The van der Waals surface area contributed by atoms with Crippen molar-refractivity contribution in [3.63, 3.8) is 0 Å². The van der Waals surface area contributed by atoms with E-state index in [1.165, 1.54) is 7.11 Å². The molecule has 0 amide bonds. The fourth-order valence-corrected chi connectivity index (χ4v) is 0.717. The lowest BCUT2D eigenvalue weighted by Crippen LogP contribution is -2.36. The van der Waals surface area contributed by atoms with Crippen molar-refractivity contribution >= 4 is 5.97 Å². The molecule has 0 saturated carbocycles. The van der Waals surface area contributed by atoms with Crippen molar-refractivity contribution in [2.24, 2.45) is 7.05 Å². The highest BCUT2D eigenvalue weighted by Crippen LogP contribution is 1.74. The van der Waals surface area contributed by atoms with Gasteiger partial charge in [-0.1, -0.05) is 0 Å². The highest BCUT2D eigenvalue weighted by Gasteiger charge is 2.06. The molecule has 0 N–H and O–H groups in total. The van der Waals surface area contributed by atoms with Gasteiger partial charge in [0.05, 0.1) is 14.2 Å². The molecular formula is C6H10N3O2+. The number of nitrogens with zero attached hydrogens (tertiary/aromatic N) is 3. The van der Waals surface area contributed by atoms with Crippen LogP contribution in [0.3, 0.4) is 0 Å². The molecule has 0 saturated heterocycles. The first-order chi connectivity index (χ1) is 5.22. The number of aryl methyl sites for hydroxylation is 1. The third kappa shape index (κ3) is 2.03. The summed E-state index contributed by atoms with van der Waals surface area (Å²) >= 11 is 0. The van der Waals surface area contributed by atoms with E-state index < -0.39 is 0 Å². The van der Waals surface area contributed by atoms with E-state index in [0.29, 0.717) is 0 Å². The molecule has 1 aromatic rings. The molecule has 5 nitrogen and oxygen atoms in total. The van der Waals surface area contributed by atoms with Crippen molar-refractivity contribution in [3.05, 3.63) is 12.7 Å². The minimum atomic E-state index is -0.275. The molecule has 0 spiro atoms. The van der Waals surface area contributed by atoms with Crippen molar-refractivity contribution in [1.29, 1.82) is 0 Å². The minimum Gasteiger partial charge on any atom is -0.467 e. The monoisotopic (exact) mass is 156 g/mol. The van der Waals surface area contributed by atoms with Gasteiger partial charge in [0.1, 0.15) is 0 Å². The van der Waals surface area contributed by atoms with Gasteiger partial charge < -0.3 is 4.74 Å². The van der Waals surface area contributed by atoms with Gasteiger partial charge in [0.25, 0.3) is 6.33 Å².